The predicted molar refractivity (Wildman–Crippen MR) is 94.7 cm³/mol. The number of benzene rings is 2. The highest BCUT2D eigenvalue weighted by atomic mass is 16.3. The van der Waals surface area contributed by atoms with Crippen LogP contribution >= 0.6 is 0 Å². The van der Waals surface area contributed by atoms with Crippen molar-refractivity contribution in [2.24, 2.45) is 5.92 Å². The summed E-state index contributed by atoms with van der Waals surface area (Å²) in [5, 5.41) is 10.4. The molecule has 1 aliphatic heterocycles. The lowest BCUT2D eigenvalue weighted by molar-refractivity contribution is -0.117. The molecule has 0 aliphatic carbocycles. The second kappa shape index (κ2) is 6.06. The van der Waals surface area contributed by atoms with Crippen molar-refractivity contribution in [1.82, 2.24) is 4.98 Å². The molecule has 1 fully saturated rings. The average molecular weight is 318 g/mol. The van der Waals surface area contributed by atoms with Crippen molar-refractivity contribution in [3.8, 4) is 11.1 Å². The van der Waals surface area contributed by atoms with E-state index in [1.54, 1.807) is 11.1 Å². The molecule has 1 aliphatic rings. The van der Waals surface area contributed by atoms with Crippen LogP contribution in [-0.4, -0.2) is 29.1 Å². The molecule has 1 atom stereocenters. The normalized spacial score (nSPS) is 17.6. The Balaban J connectivity index is 1.68. The van der Waals surface area contributed by atoms with Gasteiger partial charge in [-0.1, -0.05) is 30.3 Å². The number of hydrogen-bond donors (Lipinski definition) is 1. The first-order valence-electron chi connectivity index (χ1n) is 8.11. The lowest BCUT2D eigenvalue weighted by Gasteiger charge is -2.17. The van der Waals surface area contributed by atoms with Crippen molar-refractivity contribution >= 4 is 22.5 Å². The summed E-state index contributed by atoms with van der Waals surface area (Å²) in [6, 6.07) is 18.1. The maximum absolute atomic E-state index is 12.1. The monoisotopic (exact) mass is 318 g/mol. The number of hydrogen-bond acceptors (Lipinski definition) is 3. The molecule has 120 valence electrons. The van der Waals surface area contributed by atoms with Crippen LogP contribution in [0.4, 0.5) is 5.69 Å². The summed E-state index contributed by atoms with van der Waals surface area (Å²) in [4.78, 5) is 18.2. The Labute approximate surface area is 140 Å². The van der Waals surface area contributed by atoms with E-state index in [1.807, 2.05) is 42.5 Å². The summed E-state index contributed by atoms with van der Waals surface area (Å²) < 4.78 is 0. The third kappa shape index (κ3) is 2.55. The first-order chi connectivity index (χ1) is 11.8. The topological polar surface area (TPSA) is 53.4 Å². The second-order valence-corrected chi connectivity index (χ2v) is 6.18. The third-order valence-electron chi connectivity index (χ3n) is 4.60. The van der Waals surface area contributed by atoms with Crippen molar-refractivity contribution in [3.05, 3.63) is 60.8 Å². The van der Waals surface area contributed by atoms with Gasteiger partial charge in [-0.3, -0.25) is 9.78 Å². The van der Waals surface area contributed by atoms with E-state index in [9.17, 15) is 9.90 Å². The highest BCUT2D eigenvalue weighted by Gasteiger charge is 2.29. The van der Waals surface area contributed by atoms with Gasteiger partial charge in [-0.25, -0.2) is 0 Å². The molecule has 1 aromatic heterocycles. The fraction of sp³-hybridized carbons (Fsp3) is 0.200. The number of carbonyl (C=O) groups is 1. The van der Waals surface area contributed by atoms with Gasteiger partial charge in [-0.2, -0.15) is 0 Å². The zero-order valence-electron chi connectivity index (χ0n) is 13.2. The van der Waals surface area contributed by atoms with Gasteiger partial charge in [0, 0.05) is 42.8 Å². The molecule has 0 bridgehead atoms. The number of anilines is 1. The first kappa shape index (κ1) is 14.8. The Kier molecular flexibility index (Phi) is 3.75. The number of aliphatic hydroxyl groups excluding tert-OH is 1. The molecule has 3 aromatic rings. The quantitative estimate of drug-likeness (QED) is 0.806. The lowest BCUT2D eigenvalue weighted by atomic mass is 10.0. The Hall–Kier alpha value is -2.72. The minimum absolute atomic E-state index is 0.0429. The standard InChI is InChI=1S/C20H18N2O2/c23-13-14-11-20(24)22(12-14)16-8-6-15(7-9-16)17-3-1-5-19-18(17)4-2-10-21-19/h1-10,14,23H,11-13H2. The molecule has 1 amide bonds. The van der Waals surface area contributed by atoms with Crippen LogP contribution in [0.1, 0.15) is 6.42 Å². The summed E-state index contributed by atoms with van der Waals surface area (Å²) in [6.07, 6.45) is 2.22. The molecule has 0 saturated carbocycles. The van der Waals surface area contributed by atoms with Gasteiger partial charge >= 0.3 is 0 Å². The summed E-state index contributed by atoms with van der Waals surface area (Å²) in [5.74, 6) is 0.123. The van der Waals surface area contributed by atoms with Gasteiger partial charge in [-0.15, -0.1) is 0 Å². The number of pyridine rings is 1. The Morgan fingerprint density at radius 1 is 1.08 bits per heavy atom. The molecular weight excluding hydrogens is 300 g/mol. The zero-order valence-corrected chi connectivity index (χ0v) is 13.2. The molecule has 0 spiro atoms. The van der Waals surface area contributed by atoms with E-state index < -0.39 is 0 Å². The zero-order chi connectivity index (χ0) is 16.5. The molecule has 4 rings (SSSR count). The van der Waals surface area contributed by atoms with E-state index in [1.165, 1.54) is 0 Å². The SMILES string of the molecule is O=C1CC(CO)CN1c1ccc(-c2cccc3ncccc23)cc1. The molecule has 1 unspecified atom stereocenters. The van der Waals surface area contributed by atoms with Gasteiger partial charge in [0.1, 0.15) is 0 Å². The minimum atomic E-state index is 0.0429. The molecule has 0 radical (unpaired) electrons. The summed E-state index contributed by atoms with van der Waals surface area (Å²) >= 11 is 0. The van der Waals surface area contributed by atoms with E-state index in [0.717, 1.165) is 27.7 Å². The molecule has 2 heterocycles. The first-order valence-corrected chi connectivity index (χ1v) is 8.11. The van der Waals surface area contributed by atoms with Crippen LogP contribution in [0.3, 0.4) is 0 Å². The van der Waals surface area contributed by atoms with Crippen molar-refractivity contribution in [1.29, 1.82) is 0 Å². The van der Waals surface area contributed by atoms with Gasteiger partial charge in [0.2, 0.25) is 5.91 Å². The van der Waals surface area contributed by atoms with Gasteiger partial charge in [0.25, 0.3) is 0 Å². The van der Waals surface area contributed by atoms with Crippen LogP contribution < -0.4 is 4.90 Å². The summed E-state index contributed by atoms with van der Waals surface area (Å²) in [7, 11) is 0. The van der Waals surface area contributed by atoms with Gasteiger partial charge in [-0.05, 0) is 35.4 Å². The van der Waals surface area contributed by atoms with Crippen molar-refractivity contribution in [3.63, 3.8) is 0 Å². The number of aromatic nitrogens is 1. The fourth-order valence-corrected chi connectivity index (χ4v) is 3.33. The predicted octanol–water partition coefficient (Wildman–Crippen LogP) is 3.25. The van der Waals surface area contributed by atoms with Crippen LogP contribution in [0.5, 0.6) is 0 Å². The summed E-state index contributed by atoms with van der Waals surface area (Å²) in [5.41, 5.74) is 4.09. The number of rotatable bonds is 3. The third-order valence-corrected chi connectivity index (χ3v) is 4.60. The highest BCUT2D eigenvalue weighted by molar-refractivity contribution is 5.97. The van der Waals surface area contributed by atoms with Gasteiger partial charge < -0.3 is 10.0 Å². The average Bonchev–Trinajstić information content (AvgIpc) is 3.02. The van der Waals surface area contributed by atoms with E-state index >= 15 is 0 Å². The lowest BCUT2D eigenvalue weighted by Crippen LogP contribution is -2.24. The van der Waals surface area contributed by atoms with E-state index in [0.29, 0.717) is 13.0 Å². The Morgan fingerprint density at radius 3 is 2.67 bits per heavy atom. The highest BCUT2D eigenvalue weighted by Crippen LogP contribution is 2.31. The summed E-state index contributed by atoms with van der Waals surface area (Å²) in [6.45, 7) is 0.649. The Morgan fingerprint density at radius 2 is 1.92 bits per heavy atom. The van der Waals surface area contributed by atoms with Crippen LogP contribution in [0.25, 0.3) is 22.0 Å². The molecule has 4 nitrogen and oxygen atoms in total. The maximum atomic E-state index is 12.1. The largest absolute Gasteiger partial charge is 0.396 e. The second-order valence-electron chi connectivity index (χ2n) is 6.18. The minimum Gasteiger partial charge on any atom is -0.396 e. The van der Waals surface area contributed by atoms with Crippen LogP contribution in [0, 0.1) is 5.92 Å². The van der Waals surface area contributed by atoms with Crippen LogP contribution in [0.2, 0.25) is 0 Å². The molecule has 1 saturated heterocycles. The van der Waals surface area contributed by atoms with Crippen LogP contribution in [-0.2, 0) is 4.79 Å². The van der Waals surface area contributed by atoms with E-state index in [4.69, 9.17) is 0 Å². The molecular formula is C20H18N2O2. The van der Waals surface area contributed by atoms with E-state index in [-0.39, 0.29) is 18.4 Å². The van der Waals surface area contributed by atoms with Crippen molar-refractivity contribution in [2.45, 2.75) is 6.42 Å². The number of fused-ring (bicyclic) bond motifs is 1. The van der Waals surface area contributed by atoms with E-state index in [2.05, 4.69) is 17.1 Å². The molecule has 24 heavy (non-hydrogen) atoms. The Bertz CT molecular complexity index is 884. The smallest absolute Gasteiger partial charge is 0.227 e. The number of carbonyl (C=O) groups excluding carboxylic acids is 1. The molecule has 1 N–H and O–H groups in total. The van der Waals surface area contributed by atoms with Crippen LogP contribution in [0.15, 0.2) is 60.8 Å². The fourth-order valence-electron chi connectivity index (χ4n) is 3.33. The maximum Gasteiger partial charge on any atom is 0.227 e. The number of nitrogens with zero attached hydrogens (tertiary/aromatic N) is 2. The van der Waals surface area contributed by atoms with Crippen molar-refractivity contribution in [2.75, 3.05) is 18.1 Å². The number of amides is 1. The molecule has 4 heteroatoms. The number of aliphatic hydroxyl groups is 1. The van der Waals surface area contributed by atoms with Crippen molar-refractivity contribution < 1.29 is 9.90 Å². The van der Waals surface area contributed by atoms with Gasteiger partial charge in [0.15, 0.2) is 0 Å². The molecule has 2 aromatic carbocycles. The van der Waals surface area contributed by atoms with Gasteiger partial charge in [0.05, 0.1) is 5.52 Å².